The maximum Gasteiger partial charge on any atom is 0.271 e. The fraction of sp³-hybridized carbons (Fsp3) is 0.688. The summed E-state index contributed by atoms with van der Waals surface area (Å²) in [6, 6.07) is 0. The predicted octanol–water partition coefficient (Wildman–Crippen LogP) is 0.586. The van der Waals surface area contributed by atoms with Crippen LogP contribution in [0.4, 0.5) is 5.82 Å². The van der Waals surface area contributed by atoms with Gasteiger partial charge in [0.15, 0.2) is 5.79 Å². The number of carbonyl (C=O) groups excluding carboxylic acids is 1. The number of methoxy groups -OCH3 is 1. The van der Waals surface area contributed by atoms with Gasteiger partial charge in [-0.3, -0.25) is 4.79 Å². The van der Waals surface area contributed by atoms with Gasteiger partial charge in [0.25, 0.3) is 5.91 Å². The number of anilines is 1. The summed E-state index contributed by atoms with van der Waals surface area (Å²) in [7, 11) is 1.64. The Morgan fingerprint density at radius 3 is 2.67 bits per heavy atom. The summed E-state index contributed by atoms with van der Waals surface area (Å²) in [6.45, 7) is 4.13. The van der Waals surface area contributed by atoms with Gasteiger partial charge in [0, 0.05) is 46.2 Å². The second-order valence-corrected chi connectivity index (χ2v) is 5.96. The van der Waals surface area contributed by atoms with Gasteiger partial charge >= 0.3 is 0 Å². The van der Waals surface area contributed by atoms with E-state index in [1.165, 1.54) is 6.20 Å². The van der Waals surface area contributed by atoms with Crippen LogP contribution in [0, 0.1) is 0 Å². The van der Waals surface area contributed by atoms with Crippen LogP contribution < -0.4 is 10.2 Å². The molecule has 1 spiro atoms. The van der Waals surface area contributed by atoms with Crippen molar-refractivity contribution in [2.75, 3.05) is 51.5 Å². The zero-order valence-corrected chi connectivity index (χ0v) is 14.0. The molecule has 3 rings (SSSR count). The number of aromatic nitrogens is 2. The van der Waals surface area contributed by atoms with Gasteiger partial charge in [-0.25, -0.2) is 9.97 Å². The van der Waals surface area contributed by atoms with Crippen molar-refractivity contribution < 1.29 is 19.0 Å². The van der Waals surface area contributed by atoms with Gasteiger partial charge in [-0.1, -0.05) is 0 Å². The smallest absolute Gasteiger partial charge is 0.271 e. The van der Waals surface area contributed by atoms with Crippen LogP contribution in [0.25, 0.3) is 0 Å². The number of hydrogen-bond donors (Lipinski definition) is 1. The number of ether oxygens (including phenoxy) is 3. The second kappa shape index (κ2) is 7.87. The molecule has 2 aliphatic rings. The maximum absolute atomic E-state index is 12.0. The monoisotopic (exact) mass is 336 g/mol. The lowest BCUT2D eigenvalue weighted by Gasteiger charge is -2.37. The lowest BCUT2D eigenvalue weighted by Crippen LogP contribution is -2.45. The molecule has 2 fully saturated rings. The Balaban J connectivity index is 1.50. The van der Waals surface area contributed by atoms with Crippen molar-refractivity contribution >= 4 is 11.7 Å². The quantitative estimate of drug-likeness (QED) is 0.761. The van der Waals surface area contributed by atoms with E-state index in [0.717, 1.165) is 38.2 Å². The van der Waals surface area contributed by atoms with Crippen molar-refractivity contribution in [3.8, 4) is 0 Å². The minimum absolute atomic E-state index is 0.212. The molecule has 1 amide bonds. The average Bonchev–Trinajstić information content (AvgIpc) is 3.07. The number of rotatable bonds is 6. The van der Waals surface area contributed by atoms with Gasteiger partial charge < -0.3 is 24.4 Å². The summed E-state index contributed by atoms with van der Waals surface area (Å²) in [5, 5.41) is 2.80. The van der Waals surface area contributed by atoms with Crippen molar-refractivity contribution in [3.63, 3.8) is 0 Å². The number of amides is 1. The molecule has 0 aromatic carbocycles. The molecule has 0 radical (unpaired) electrons. The van der Waals surface area contributed by atoms with Crippen LogP contribution in [0.1, 0.15) is 29.8 Å². The molecule has 1 aromatic heterocycles. The van der Waals surface area contributed by atoms with Crippen LogP contribution in [0.15, 0.2) is 12.4 Å². The Labute approximate surface area is 141 Å². The molecule has 3 heterocycles. The molecule has 0 bridgehead atoms. The van der Waals surface area contributed by atoms with E-state index in [2.05, 4.69) is 20.2 Å². The van der Waals surface area contributed by atoms with Crippen LogP contribution in [-0.4, -0.2) is 68.2 Å². The van der Waals surface area contributed by atoms with Crippen LogP contribution in [0.2, 0.25) is 0 Å². The van der Waals surface area contributed by atoms with E-state index in [1.54, 1.807) is 13.3 Å². The van der Waals surface area contributed by atoms with E-state index in [9.17, 15) is 4.79 Å². The van der Waals surface area contributed by atoms with E-state index >= 15 is 0 Å². The molecule has 24 heavy (non-hydrogen) atoms. The van der Waals surface area contributed by atoms with E-state index in [0.29, 0.717) is 32.1 Å². The summed E-state index contributed by atoms with van der Waals surface area (Å²) in [4.78, 5) is 22.7. The lowest BCUT2D eigenvalue weighted by atomic mass is 10.0. The minimum Gasteiger partial charge on any atom is -0.385 e. The highest BCUT2D eigenvalue weighted by Gasteiger charge is 2.40. The van der Waals surface area contributed by atoms with E-state index in [4.69, 9.17) is 14.2 Å². The molecule has 8 nitrogen and oxygen atoms in total. The first-order chi connectivity index (χ1) is 11.7. The first-order valence-corrected chi connectivity index (χ1v) is 8.34. The Hall–Kier alpha value is -1.77. The zero-order valence-electron chi connectivity index (χ0n) is 14.0. The van der Waals surface area contributed by atoms with Crippen molar-refractivity contribution in [3.05, 3.63) is 18.1 Å². The lowest BCUT2D eigenvalue weighted by molar-refractivity contribution is -0.169. The minimum atomic E-state index is -0.397. The molecule has 132 valence electrons. The highest BCUT2D eigenvalue weighted by molar-refractivity contribution is 5.91. The van der Waals surface area contributed by atoms with Gasteiger partial charge in [0.2, 0.25) is 0 Å². The van der Waals surface area contributed by atoms with Gasteiger partial charge in [-0.2, -0.15) is 0 Å². The predicted molar refractivity (Wildman–Crippen MR) is 86.9 cm³/mol. The molecule has 0 aliphatic carbocycles. The highest BCUT2D eigenvalue weighted by atomic mass is 16.7. The molecule has 1 aromatic rings. The largest absolute Gasteiger partial charge is 0.385 e. The Morgan fingerprint density at radius 1 is 1.29 bits per heavy atom. The van der Waals surface area contributed by atoms with Gasteiger partial charge in [0.1, 0.15) is 11.5 Å². The van der Waals surface area contributed by atoms with Crippen LogP contribution in [0.5, 0.6) is 0 Å². The Bertz CT molecular complexity index is 536. The van der Waals surface area contributed by atoms with Crippen LogP contribution in [0.3, 0.4) is 0 Å². The fourth-order valence-electron chi connectivity index (χ4n) is 2.97. The molecule has 2 aliphatic heterocycles. The molecule has 2 saturated heterocycles. The van der Waals surface area contributed by atoms with E-state index < -0.39 is 5.79 Å². The summed E-state index contributed by atoms with van der Waals surface area (Å²) in [5.41, 5.74) is 0.326. The molecule has 1 N–H and O–H groups in total. The third kappa shape index (κ3) is 4.00. The fourth-order valence-corrected chi connectivity index (χ4v) is 2.97. The Morgan fingerprint density at radius 2 is 2.04 bits per heavy atom. The normalized spacial score (nSPS) is 19.6. The standard InChI is InChI=1S/C16H24N4O4/c1-22-8-2-5-17-15(21)13-11-19-14(12-18-13)20-6-3-16(4-7-20)23-9-10-24-16/h11-12H,2-10H2,1H3,(H,17,21). The topological polar surface area (TPSA) is 85.8 Å². The summed E-state index contributed by atoms with van der Waals surface area (Å²) in [5.74, 6) is 0.167. The molecular weight excluding hydrogens is 312 g/mol. The average molecular weight is 336 g/mol. The first kappa shape index (κ1) is 17.1. The van der Waals surface area contributed by atoms with E-state index in [-0.39, 0.29) is 5.91 Å². The van der Waals surface area contributed by atoms with Gasteiger partial charge in [-0.05, 0) is 6.42 Å². The number of carbonyl (C=O) groups is 1. The van der Waals surface area contributed by atoms with Gasteiger partial charge in [-0.15, -0.1) is 0 Å². The molecule has 8 heteroatoms. The number of piperidine rings is 1. The maximum atomic E-state index is 12.0. The number of hydrogen-bond acceptors (Lipinski definition) is 7. The summed E-state index contributed by atoms with van der Waals surface area (Å²) >= 11 is 0. The Kier molecular flexibility index (Phi) is 5.60. The number of nitrogens with one attached hydrogen (secondary N) is 1. The number of nitrogens with zero attached hydrogens (tertiary/aromatic N) is 3. The van der Waals surface area contributed by atoms with Crippen molar-refractivity contribution in [1.82, 2.24) is 15.3 Å². The first-order valence-electron chi connectivity index (χ1n) is 8.34. The van der Waals surface area contributed by atoms with Crippen molar-refractivity contribution in [2.45, 2.75) is 25.0 Å². The van der Waals surface area contributed by atoms with Crippen LogP contribution in [-0.2, 0) is 14.2 Å². The summed E-state index contributed by atoms with van der Waals surface area (Å²) in [6.07, 6.45) is 5.58. The molecular formula is C16H24N4O4. The third-order valence-electron chi connectivity index (χ3n) is 4.34. The highest BCUT2D eigenvalue weighted by Crippen LogP contribution is 2.32. The summed E-state index contributed by atoms with van der Waals surface area (Å²) < 4.78 is 16.4. The zero-order chi connectivity index (χ0) is 16.8. The third-order valence-corrected chi connectivity index (χ3v) is 4.34. The molecule has 0 unspecified atom stereocenters. The second-order valence-electron chi connectivity index (χ2n) is 5.96. The van der Waals surface area contributed by atoms with E-state index in [1.807, 2.05) is 0 Å². The van der Waals surface area contributed by atoms with Crippen molar-refractivity contribution in [2.24, 2.45) is 0 Å². The molecule has 0 saturated carbocycles. The molecule has 0 atom stereocenters. The van der Waals surface area contributed by atoms with Crippen LogP contribution >= 0.6 is 0 Å². The van der Waals surface area contributed by atoms with Gasteiger partial charge in [0.05, 0.1) is 25.6 Å². The van der Waals surface area contributed by atoms with Crippen molar-refractivity contribution in [1.29, 1.82) is 0 Å². The SMILES string of the molecule is COCCCNC(=O)c1cnc(N2CCC3(CC2)OCCO3)cn1.